The van der Waals surface area contributed by atoms with Gasteiger partial charge in [0, 0.05) is 11.7 Å². The number of ether oxygens (including phenoxy) is 1. The molecule has 12 heteroatoms. The van der Waals surface area contributed by atoms with Crippen LogP contribution < -0.4 is 14.2 Å². The molecule has 0 aliphatic rings. The lowest BCUT2D eigenvalue weighted by atomic mass is 10.3. The summed E-state index contributed by atoms with van der Waals surface area (Å²) in [5.41, 5.74) is 0.104. The third-order valence-corrected chi connectivity index (χ3v) is 6.59. The Hall–Kier alpha value is -1.95. The van der Waals surface area contributed by atoms with Crippen molar-refractivity contribution in [2.75, 3.05) is 4.72 Å². The van der Waals surface area contributed by atoms with Crippen LogP contribution in [0.4, 0.5) is 14.5 Å². The molecule has 2 rings (SSSR count). The molecule has 0 spiro atoms. The molecular formula is C16H17ClF2N2O5S2. The Morgan fingerprint density at radius 1 is 0.929 bits per heavy atom. The van der Waals surface area contributed by atoms with Crippen LogP contribution in [0.1, 0.15) is 13.8 Å². The maximum absolute atomic E-state index is 12.4. The van der Waals surface area contributed by atoms with Crippen LogP contribution in [0.2, 0.25) is 5.02 Å². The third-order valence-electron chi connectivity index (χ3n) is 3.24. The van der Waals surface area contributed by atoms with Crippen LogP contribution >= 0.6 is 11.6 Å². The van der Waals surface area contributed by atoms with Crippen LogP contribution in [0.3, 0.4) is 0 Å². The fraction of sp³-hybridized carbons (Fsp3) is 0.250. The number of hydrogen-bond donors (Lipinski definition) is 2. The predicted molar refractivity (Wildman–Crippen MR) is 101 cm³/mol. The van der Waals surface area contributed by atoms with Gasteiger partial charge in [0.05, 0.1) is 14.8 Å². The lowest BCUT2D eigenvalue weighted by Crippen LogP contribution is -2.30. The third kappa shape index (κ3) is 5.77. The fourth-order valence-corrected chi connectivity index (χ4v) is 4.76. The average molecular weight is 455 g/mol. The van der Waals surface area contributed by atoms with Crippen LogP contribution in [0.5, 0.6) is 5.75 Å². The second kappa shape index (κ2) is 8.60. The summed E-state index contributed by atoms with van der Waals surface area (Å²) in [6.07, 6.45) is 0. The van der Waals surface area contributed by atoms with Crippen LogP contribution in [0.25, 0.3) is 0 Å². The summed E-state index contributed by atoms with van der Waals surface area (Å²) >= 11 is 5.77. The van der Waals surface area contributed by atoms with E-state index in [1.807, 2.05) is 0 Å². The molecular weight excluding hydrogens is 438 g/mol. The summed E-state index contributed by atoms with van der Waals surface area (Å²) in [7, 11) is -7.80. The van der Waals surface area contributed by atoms with Crippen molar-refractivity contribution in [1.29, 1.82) is 0 Å². The molecule has 154 valence electrons. The van der Waals surface area contributed by atoms with Gasteiger partial charge in [-0.3, -0.25) is 4.72 Å². The number of sulfonamides is 2. The number of alkyl halides is 2. The lowest BCUT2D eigenvalue weighted by Gasteiger charge is -2.12. The molecule has 0 saturated carbocycles. The average Bonchev–Trinajstić information content (AvgIpc) is 2.55. The van der Waals surface area contributed by atoms with Gasteiger partial charge in [0.25, 0.3) is 10.0 Å². The number of hydrogen-bond acceptors (Lipinski definition) is 5. The molecule has 0 aliphatic carbocycles. The number of halogens is 3. The largest absolute Gasteiger partial charge is 0.433 e. The monoisotopic (exact) mass is 454 g/mol. The molecule has 7 nitrogen and oxygen atoms in total. The Labute approximate surface area is 166 Å². The van der Waals surface area contributed by atoms with Crippen LogP contribution in [0.15, 0.2) is 52.3 Å². The normalized spacial score (nSPS) is 12.4. The number of benzene rings is 2. The summed E-state index contributed by atoms with van der Waals surface area (Å²) in [6, 6.07) is 7.78. The van der Waals surface area contributed by atoms with Crippen molar-refractivity contribution >= 4 is 37.3 Å². The van der Waals surface area contributed by atoms with Gasteiger partial charge in [0.2, 0.25) is 10.0 Å². The van der Waals surface area contributed by atoms with E-state index in [1.54, 1.807) is 13.8 Å². The van der Waals surface area contributed by atoms with E-state index in [1.165, 1.54) is 24.3 Å². The molecule has 0 amide bonds. The molecule has 0 saturated heterocycles. The highest BCUT2D eigenvalue weighted by molar-refractivity contribution is 7.92. The predicted octanol–water partition coefficient (Wildman–Crippen LogP) is 3.43. The van der Waals surface area contributed by atoms with E-state index >= 15 is 0 Å². The second-order valence-electron chi connectivity index (χ2n) is 5.88. The Morgan fingerprint density at radius 2 is 1.50 bits per heavy atom. The first-order chi connectivity index (χ1) is 12.9. The summed E-state index contributed by atoms with van der Waals surface area (Å²) in [6.45, 7) is 0.240. The highest BCUT2D eigenvalue weighted by Crippen LogP contribution is 2.29. The van der Waals surface area contributed by atoms with Gasteiger partial charge < -0.3 is 4.74 Å². The molecule has 0 aromatic heterocycles. The van der Waals surface area contributed by atoms with E-state index < -0.39 is 26.7 Å². The smallest absolute Gasteiger partial charge is 0.387 e. The molecule has 0 bridgehead atoms. The Kier molecular flexibility index (Phi) is 6.86. The zero-order chi connectivity index (χ0) is 21.1. The molecule has 2 aromatic rings. The van der Waals surface area contributed by atoms with Crippen molar-refractivity contribution in [2.24, 2.45) is 0 Å². The lowest BCUT2D eigenvalue weighted by molar-refractivity contribution is -0.0498. The quantitative estimate of drug-likeness (QED) is 0.636. The second-order valence-corrected chi connectivity index (χ2v) is 9.68. The van der Waals surface area contributed by atoms with Gasteiger partial charge >= 0.3 is 6.61 Å². The molecule has 2 aromatic carbocycles. The van der Waals surface area contributed by atoms with Gasteiger partial charge in [0.15, 0.2) is 0 Å². The minimum Gasteiger partial charge on any atom is -0.433 e. The standard InChI is InChI=1S/C16H17ClF2N2O5S2/c1-10(2)20-27(22,23)12-5-3-11(4-6-12)21-28(24,25)13-7-8-15(14(17)9-13)26-16(18)19/h3-10,16,20-21H,1-2H3. The van der Waals surface area contributed by atoms with Crippen LogP contribution in [-0.2, 0) is 20.0 Å². The molecule has 0 heterocycles. The number of anilines is 1. The van der Waals surface area contributed by atoms with E-state index in [2.05, 4.69) is 14.2 Å². The summed E-state index contributed by atoms with van der Waals surface area (Å²) in [5.74, 6) is -0.358. The topological polar surface area (TPSA) is 102 Å². The number of rotatable bonds is 8. The van der Waals surface area contributed by atoms with Crippen molar-refractivity contribution in [2.45, 2.75) is 36.3 Å². The first-order valence-electron chi connectivity index (χ1n) is 7.80. The molecule has 2 N–H and O–H groups in total. The minimum absolute atomic E-state index is 0.0271. The highest BCUT2D eigenvalue weighted by atomic mass is 35.5. The molecule has 0 atom stereocenters. The first-order valence-corrected chi connectivity index (χ1v) is 11.1. The van der Waals surface area contributed by atoms with E-state index in [0.717, 1.165) is 18.2 Å². The highest BCUT2D eigenvalue weighted by Gasteiger charge is 2.19. The fourth-order valence-electron chi connectivity index (χ4n) is 2.13. The van der Waals surface area contributed by atoms with E-state index in [4.69, 9.17) is 11.6 Å². The molecule has 0 unspecified atom stereocenters. The summed E-state index contributed by atoms with van der Waals surface area (Å²) in [5, 5.41) is -0.302. The van der Waals surface area contributed by atoms with Gasteiger partial charge in [-0.1, -0.05) is 11.6 Å². The van der Waals surface area contributed by atoms with E-state index in [0.29, 0.717) is 0 Å². The van der Waals surface area contributed by atoms with E-state index in [-0.39, 0.29) is 32.3 Å². The van der Waals surface area contributed by atoms with Crippen molar-refractivity contribution in [3.63, 3.8) is 0 Å². The molecule has 0 radical (unpaired) electrons. The first kappa shape index (κ1) is 22.3. The van der Waals surface area contributed by atoms with Crippen LogP contribution in [0, 0.1) is 0 Å². The van der Waals surface area contributed by atoms with Gasteiger partial charge in [-0.2, -0.15) is 8.78 Å². The molecule has 0 aliphatic heterocycles. The van der Waals surface area contributed by atoms with Gasteiger partial charge in [-0.05, 0) is 56.3 Å². The zero-order valence-electron chi connectivity index (χ0n) is 14.7. The van der Waals surface area contributed by atoms with Crippen molar-refractivity contribution in [1.82, 2.24) is 4.72 Å². The SMILES string of the molecule is CC(C)NS(=O)(=O)c1ccc(NS(=O)(=O)c2ccc(OC(F)F)c(Cl)c2)cc1. The summed E-state index contributed by atoms with van der Waals surface area (Å²) in [4.78, 5) is -0.307. The molecule has 0 fully saturated rings. The Bertz CT molecular complexity index is 1040. The van der Waals surface area contributed by atoms with Crippen molar-refractivity contribution < 1.29 is 30.4 Å². The zero-order valence-corrected chi connectivity index (χ0v) is 17.1. The van der Waals surface area contributed by atoms with Crippen molar-refractivity contribution in [3.05, 3.63) is 47.5 Å². The van der Waals surface area contributed by atoms with Gasteiger partial charge in [-0.15, -0.1) is 0 Å². The van der Waals surface area contributed by atoms with E-state index in [9.17, 15) is 25.6 Å². The van der Waals surface area contributed by atoms with Gasteiger partial charge in [0.1, 0.15) is 5.75 Å². The minimum atomic E-state index is -4.09. The maximum Gasteiger partial charge on any atom is 0.387 e. The summed E-state index contributed by atoms with van der Waals surface area (Å²) < 4.78 is 82.3. The van der Waals surface area contributed by atoms with Gasteiger partial charge in [-0.25, -0.2) is 21.6 Å². The molecule has 28 heavy (non-hydrogen) atoms. The maximum atomic E-state index is 12.4. The number of nitrogens with one attached hydrogen (secondary N) is 2. The Balaban J connectivity index is 2.22. The Morgan fingerprint density at radius 3 is 2.00 bits per heavy atom. The van der Waals surface area contributed by atoms with Crippen molar-refractivity contribution in [3.8, 4) is 5.75 Å². The van der Waals surface area contributed by atoms with Crippen LogP contribution in [-0.4, -0.2) is 29.5 Å².